The van der Waals surface area contributed by atoms with Gasteiger partial charge in [0.25, 0.3) is 0 Å². The number of ether oxygens (including phenoxy) is 1. The first-order valence-electron chi connectivity index (χ1n) is 7.27. The van der Waals surface area contributed by atoms with Crippen LogP contribution in [0.5, 0.6) is 6.01 Å². The molecule has 0 aliphatic heterocycles. The molecule has 0 unspecified atom stereocenters. The van der Waals surface area contributed by atoms with E-state index in [4.69, 9.17) is 9.88 Å². The Labute approximate surface area is 139 Å². The van der Waals surface area contributed by atoms with Crippen molar-refractivity contribution in [3.63, 3.8) is 0 Å². The molecular formula is C16H16N4O3S. The molecule has 0 amide bonds. The summed E-state index contributed by atoms with van der Waals surface area (Å²) in [5.41, 5.74) is 1.52. The third-order valence-corrected chi connectivity index (χ3v) is 4.23. The molecule has 7 nitrogen and oxygen atoms in total. The summed E-state index contributed by atoms with van der Waals surface area (Å²) in [7, 11) is -3.74. The number of hydrogen-bond donors (Lipinski definition) is 1. The molecule has 0 spiro atoms. The molecule has 0 fully saturated rings. The Morgan fingerprint density at radius 1 is 1.08 bits per heavy atom. The average molecular weight is 344 g/mol. The summed E-state index contributed by atoms with van der Waals surface area (Å²) in [6.07, 6.45) is 0. The number of primary sulfonamides is 1. The van der Waals surface area contributed by atoms with Gasteiger partial charge in [0.05, 0.1) is 17.2 Å². The fraction of sp³-hybridized carbons (Fsp3) is 0.125. The van der Waals surface area contributed by atoms with Crippen molar-refractivity contribution in [3.05, 3.63) is 54.6 Å². The molecule has 1 aromatic heterocycles. The number of benzene rings is 2. The molecule has 3 aromatic rings. The van der Waals surface area contributed by atoms with E-state index in [1.54, 1.807) is 16.8 Å². The van der Waals surface area contributed by atoms with Crippen molar-refractivity contribution in [2.24, 2.45) is 5.14 Å². The molecule has 0 saturated carbocycles. The molecule has 8 heteroatoms. The van der Waals surface area contributed by atoms with Gasteiger partial charge in [-0.2, -0.15) is 4.98 Å². The van der Waals surface area contributed by atoms with E-state index in [-0.39, 0.29) is 10.9 Å². The largest absolute Gasteiger partial charge is 0.463 e. The van der Waals surface area contributed by atoms with Crippen LogP contribution in [0.1, 0.15) is 6.92 Å². The molecule has 0 aliphatic carbocycles. The third-order valence-electron chi connectivity index (χ3n) is 3.30. The zero-order valence-corrected chi connectivity index (χ0v) is 13.8. The lowest BCUT2D eigenvalue weighted by atomic mass is 10.2. The molecule has 3 rings (SSSR count). The van der Waals surface area contributed by atoms with Crippen molar-refractivity contribution in [1.29, 1.82) is 0 Å². The Bertz CT molecular complexity index is 935. The number of nitrogens with zero attached hydrogens (tertiary/aromatic N) is 3. The minimum Gasteiger partial charge on any atom is -0.463 e. The lowest BCUT2D eigenvalue weighted by Gasteiger charge is -2.06. The number of hydrogen-bond acceptors (Lipinski definition) is 5. The molecule has 0 radical (unpaired) electrons. The summed E-state index contributed by atoms with van der Waals surface area (Å²) in [4.78, 5) is 4.44. The summed E-state index contributed by atoms with van der Waals surface area (Å²) < 4.78 is 29.8. The number of rotatable bonds is 5. The SMILES string of the molecule is CCOc1nc(-c2ccccc2)n(-c2ccc(S(N)(=O)=O)cc2)n1. The van der Waals surface area contributed by atoms with E-state index >= 15 is 0 Å². The monoisotopic (exact) mass is 344 g/mol. The molecule has 24 heavy (non-hydrogen) atoms. The molecule has 2 aromatic carbocycles. The van der Waals surface area contributed by atoms with Crippen LogP contribution in [0.15, 0.2) is 59.5 Å². The topological polar surface area (TPSA) is 100 Å². The standard InChI is InChI=1S/C16H16N4O3S/c1-2-23-16-18-15(12-6-4-3-5-7-12)20(19-16)13-8-10-14(11-9-13)24(17,21)22/h3-11H,2H2,1H3,(H2,17,21,22). The predicted octanol–water partition coefficient (Wildman–Crippen LogP) is 1.98. The van der Waals surface area contributed by atoms with Gasteiger partial charge in [0.15, 0.2) is 5.82 Å². The van der Waals surface area contributed by atoms with Gasteiger partial charge in [-0.3, -0.25) is 0 Å². The summed E-state index contributed by atoms with van der Waals surface area (Å²) in [5, 5.41) is 9.47. The van der Waals surface area contributed by atoms with Crippen LogP contribution in [0.25, 0.3) is 17.1 Å². The van der Waals surface area contributed by atoms with Gasteiger partial charge in [0.2, 0.25) is 10.0 Å². The van der Waals surface area contributed by atoms with Crippen molar-refractivity contribution in [3.8, 4) is 23.1 Å². The molecule has 2 N–H and O–H groups in total. The Hall–Kier alpha value is -2.71. The van der Waals surface area contributed by atoms with Crippen molar-refractivity contribution in [1.82, 2.24) is 14.8 Å². The first-order valence-corrected chi connectivity index (χ1v) is 8.82. The number of aromatic nitrogens is 3. The quantitative estimate of drug-likeness (QED) is 0.763. The first-order chi connectivity index (χ1) is 11.5. The van der Waals surface area contributed by atoms with Gasteiger partial charge in [0, 0.05) is 5.56 Å². The van der Waals surface area contributed by atoms with Gasteiger partial charge in [-0.1, -0.05) is 30.3 Å². The van der Waals surface area contributed by atoms with E-state index in [9.17, 15) is 8.42 Å². The molecule has 0 atom stereocenters. The van der Waals surface area contributed by atoms with Crippen molar-refractivity contribution >= 4 is 10.0 Å². The van der Waals surface area contributed by atoms with Crippen LogP contribution in [0.2, 0.25) is 0 Å². The maximum Gasteiger partial charge on any atom is 0.336 e. The Morgan fingerprint density at radius 3 is 2.33 bits per heavy atom. The minimum absolute atomic E-state index is 0.0395. The van der Waals surface area contributed by atoms with Crippen LogP contribution < -0.4 is 9.88 Å². The van der Waals surface area contributed by atoms with Gasteiger partial charge < -0.3 is 4.74 Å². The van der Waals surface area contributed by atoms with Crippen LogP contribution in [-0.2, 0) is 10.0 Å². The molecule has 0 bridgehead atoms. The normalized spacial score (nSPS) is 11.4. The Balaban J connectivity index is 2.09. The van der Waals surface area contributed by atoms with Crippen molar-refractivity contribution in [2.75, 3.05) is 6.61 Å². The highest BCUT2D eigenvalue weighted by molar-refractivity contribution is 7.89. The van der Waals surface area contributed by atoms with Gasteiger partial charge in [-0.15, -0.1) is 5.10 Å². The van der Waals surface area contributed by atoms with Crippen molar-refractivity contribution < 1.29 is 13.2 Å². The first kappa shape index (κ1) is 16.2. The fourth-order valence-electron chi connectivity index (χ4n) is 2.21. The maximum absolute atomic E-state index is 11.4. The average Bonchev–Trinajstić information content (AvgIpc) is 2.99. The highest BCUT2D eigenvalue weighted by Crippen LogP contribution is 2.24. The summed E-state index contributed by atoms with van der Waals surface area (Å²) in [6, 6.07) is 15.9. The Kier molecular flexibility index (Phi) is 4.32. The maximum atomic E-state index is 11.4. The van der Waals surface area contributed by atoms with E-state index in [1.165, 1.54) is 12.1 Å². The van der Waals surface area contributed by atoms with Gasteiger partial charge in [-0.05, 0) is 31.2 Å². The molecular weight excluding hydrogens is 328 g/mol. The predicted molar refractivity (Wildman–Crippen MR) is 89.3 cm³/mol. The number of sulfonamides is 1. The van der Waals surface area contributed by atoms with Crippen LogP contribution in [0, 0.1) is 0 Å². The lowest BCUT2D eigenvalue weighted by Crippen LogP contribution is -2.12. The van der Waals surface area contributed by atoms with Crippen LogP contribution in [0.4, 0.5) is 0 Å². The molecule has 0 saturated heterocycles. The second kappa shape index (κ2) is 6.42. The molecule has 124 valence electrons. The van der Waals surface area contributed by atoms with E-state index in [0.717, 1.165) is 5.56 Å². The smallest absolute Gasteiger partial charge is 0.336 e. The zero-order chi connectivity index (χ0) is 17.2. The Morgan fingerprint density at radius 2 is 1.75 bits per heavy atom. The van der Waals surface area contributed by atoms with E-state index in [2.05, 4.69) is 10.1 Å². The third kappa shape index (κ3) is 3.29. The summed E-state index contributed by atoms with van der Waals surface area (Å²) in [5.74, 6) is 0.599. The van der Waals surface area contributed by atoms with Gasteiger partial charge in [0.1, 0.15) is 0 Å². The molecule has 1 heterocycles. The van der Waals surface area contributed by atoms with Crippen LogP contribution in [-0.4, -0.2) is 29.8 Å². The van der Waals surface area contributed by atoms with E-state index in [0.29, 0.717) is 18.1 Å². The van der Waals surface area contributed by atoms with E-state index in [1.807, 2.05) is 37.3 Å². The second-order valence-electron chi connectivity index (χ2n) is 4.97. The second-order valence-corrected chi connectivity index (χ2v) is 6.53. The highest BCUT2D eigenvalue weighted by Gasteiger charge is 2.15. The lowest BCUT2D eigenvalue weighted by molar-refractivity contribution is 0.312. The molecule has 0 aliphatic rings. The summed E-state index contributed by atoms with van der Waals surface area (Å²) in [6.45, 7) is 2.30. The highest BCUT2D eigenvalue weighted by atomic mass is 32.2. The zero-order valence-electron chi connectivity index (χ0n) is 13.0. The summed E-state index contributed by atoms with van der Waals surface area (Å²) >= 11 is 0. The van der Waals surface area contributed by atoms with Gasteiger partial charge in [-0.25, -0.2) is 18.2 Å². The van der Waals surface area contributed by atoms with E-state index < -0.39 is 10.0 Å². The fourth-order valence-corrected chi connectivity index (χ4v) is 2.73. The number of nitrogens with two attached hydrogens (primary N) is 1. The van der Waals surface area contributed by atoms with Gasteiger partial charge >= 0.3 is 6.01 Å². The van der Waals surface area contributed by atoms with Crippen LogP contribution >= 0.6 is 0 Å². The van der Waals surface area contributed by atoms with Crippen LogP contribution in [0.3, 0.4) is 0 Å². The minimum atomic E-state index is -3.74. The van der Waals surface area contributed by atoms with Crippen molar-refractivity contribution in [2.45, 2.75) is 11.8 Å².